The number of ether oxygens (including phenoxy) is 2. The van der Waals surface area contributed by atoms with E-state index in [4.69, 9.17) is 15.2 Å². The Morgan fingerprint density at radius 3 is 2.67 bits per heavy atom. The largest absolute Gasteiger partial charge is 0.381 e. The molecule has 2 rings (SSSR count). The second-order valence-corrected chi connectivity index (χ2v) is 6.56. The maximum atomic E-state index is 5.89. The quantitative estimate of drug-likeness (QED) is 0.204. The SMILES string of the molecule is I.NC(=NCCCN1CCOCC1)NCCCCOCCc1ccccc1. The molecule has 0 unspecified atom stereocenters. The smallest absolute Gasteiger partial charge is 0.188 e. The number of nitrogens with two attached hydrogens (primary N) is 1. The van der Waals surface area contributed by atoms with Gasteiger partial charge in [0.05, 0.1) is 19.8 Å². The molecule has 7 heteroatoms. The molecule has 1 aliphatic rings. The third-order valence-electron chi connectivity index (χ3n) is 4.42. The van der Waals surface area contributed by atoms with E-state index in [0.29, 0.717) is 5.96 Å². The first kappa shape index (κ1) is 24.1. The summed E-state index contributed by atoms with van der Waals surface area (Å²) in [7, 11) is 0. The van der Waals surface area contributed by atoms with Crippen molar-refractivity contribution in [2.45, 2.75) is 25.7 Å². The Morgan fingerprint density at radius 1 is 1.11 bits per heavy atom. The molecule has 1 aromatic rings. The highest BCUT2D eigenvalue weighted by Gasteiger charge is 2.08. The van der Waals surface area contributed by atoms with Gasteiger partial charge in [-0.1, -0.05) is 30.3 Å². The van der Waals surface area contributed by atoms with E-state index >= 15 is 0 Å². The van der Waals surface area contributed by atoms with Crippen LogP contribution >= 0.6 is 24.0 Å². The molecule has 0 bridgehead atoms. The molecule has 0 aromatic heterocycles. The number of aliphatic imine (C=N–C) groups is 1. The molecule has 1 saturated heterocycles. The van der Waals surface area contributed by atoms with Crippen LogP contribution in [-0.4, -0.2) is 70.0 Å². The summed E-state index contributed by atoms with van der Waals surface area (Å²) in [6.45, 7) is 8.04. The third kappa shape index (κ3) is 12.2. The first-order valence-corrected chi connectivity index (χ1v) is 9.80. The van der Waals surface area contributed by atoms with Crippen molar-refractivity contribution in [1.29, 1.82) is 0 Å². The van der Waals surface area contributed by atoms with Crippen molar-refractivity contribution >= 4 is 29.9 Å². The Balaban J connectivity index is 0.00000364. The maximum absolute atomic E-state index is 5.89. The van der Waals surface area contributed by atoms with Gasteiger partial charge in [0.2, 0.25) is 0 Å². The highest BCUT2D eigenvalue weighted by Crippen LogP contribution is 2.00. The van der Waals surface area contributed by atoms with Gasteiger partial charge >= 0.3 is 0 Å². The number of morpholine rings is 1. The number of hydrogen-bond donors (Lipinski definition) is 2. The van der Waals surface area contributed by atoms with Crippen LogP contribution in [0.2, 0.25) is 0 Å². The fraction of sp³-hybridized carbons (Fsp3) is 0.650. The van der Waals surface area contributed by atoms with Gasteiger partial charge in [0.15, 0.2) is 5.96 Å². The van der Waals surface area contributed by atoms with Crippen LogP contribution in [0.25, 0.3) is 0 Å². The molecule has 1 heterocycles. The van der Waals surface area contributed by atoms with Gasteiger partial charge in [0.1, 0.15) is 0 Å². The predicted octanol–water partition coefficient (Wildman–Crippen LogP) is 2.27. The Bertz CT molecular complexity index is 496. The first-order chi connectivity index (χ1) is 12.8. The minimum absolute atomic E-state index is 0. The van der Waals surface area contributed by atoms with Gasteiger partial charge < -0.3 is 20.5 Å². The van der Waals surface area contributed by atoms with E-state index in [2.05, 4.69) is 39.5 Å². The molecule has 27 heavy (non-hydrogen) atoms. The Morgan fingerprint density at radius 2 is 1.89 bits per heavy atom. The molecule has 154 valence electrons. The van der Waals surface area contributed by atoms with Crippen LogP contribution in [0.1, 0.15) is 24.8 Å². The van der Waals surface area contributed by atoms with Crippen LogP contribution in [0.5, 0.6) is 0 Å². The second-order valence-electron chi connectivity index (χ2n) is 6.56. The molecule has 6 nitrogen and oxygen atoms in total. The number of nitrogens with one attached hydrogen (secondary N) is 1. The number of guanidine groups is 1. The second kappa shape index (κ2) is 16.1. The zero-order chi connectivity index (χ0) is 18.3. The monoisotopic (exact) mass is 490 g/mol. The van der Waals surface area contributed by atoms with E-state index in [9.17, 15) is 0 Å². The Hall–Kier alpha value is -0.900. The summed E-state index contributed by atoms with van der Waals surface area (Å²) in [5.74, 6) is 0.553. The minimum atomic E-state index is 0. The standard InChI is InChI=1S/C20H34N4O2.HI/c21-20(23-11-6-12-24-13-17-26-18-14-24)22-10-4-5-15-25-16-9-19-7-2-1-3-8-19;/h1-3,7-8H,4-6,9-18H2,(H3,21,22,23);1H. The third-order valence-corrected chi connectivity index (χ3v) is 4.42. The van der Waals surface area contributed by atoms with Crippen LogP contribution < -0.4 is 11.1 Å². The summed E-state index contributed by atoms with van der Waals surface area (Å²) in [5.41, 5.74) is 7.22. The lowest BCUT2D eigenvalue weighted by Crippen LogP contribution is -2.37. The van der Waals surface area contributed by atoms with Crippen LogP contribution in [-0.2, 0) is 15.9 Å². The van der Waals surface area contributed by atoms with Gasteiger partial charge in [-0.2, -0.15) is 0 Å². The lowest BCUT2D eigenvalue weighted by molar-refractivity contribution is 0.0377. The van der Waals surface area contributed by atoms with Crippen molar-refractivity contribution in [3.8, 4) is 0 Å². The molecule has 3 N–H and O–H groups in total. The normalized spacial score (nSPS) is 15.3. The number of hydrogen-bond acceptors (Lipinski definition) is 4. The number of nitrogens with zero attached hydrogens (tertiary/aromatic N) is 2. The van der Waals surface area contributed by atoms with Crippen LogP contribution in [0.4, 0.5) is 0 Å². The van der Waals surface area contributed by atoms with Crippen LogP contribution in [0.15, 0.2) is 35.3 Å². The lowest BCUT2D eigenvalue weighted by atomic mass is 10.2. The molecule has 0 aliphatic carbocycles. The van der Waals surface area contributed by atoms with E-state index in [-0.39, 0.29) is 24.0 Å². The molecular weight excluding hydrogens is 455 g/mol. The van der Waals surface area contributed by atoms with Gasteiger partial charge in [-0.25, -0.2) is 0 Å². The molecule has 1 fully saturated rings. The van der Waals surface area contributed by atoms with Crippen molar-refractivity contribution in [3.05, 3.63) is 35.9 Å². The number of unbranched alkanes of at least 4 members (excludes halogenated alkanes) is 1. The Kier molecular flexibility index (Phi) is 14.4. The maximum Gasteiger partial charge on any atom is 0.188 e. The summed E-state index contributed by atoms with van der Waals surface area (Å²) < 4.78 is 11.0. The number of benzene rings is 1. The van der Waals surface area contributed by atoms with Crippen molar-refractivity contribution < 1.29 is 9.47 Å². The molecule has 0 saturated carbocycles. The van der Waals surface area contributed by atoms with E-state index in [1.165, 1.54) is 5.56 Å². The zero-order valence-electron chi connectivity index (χ0n) is 16.3. The molecule has 0 amide bonds. The molecule has 0 radical (unpaired) electrons. The fourth-order valence-corrected chi connectivity index (χ4v) is 2.86. The van der Waals surface area contributed by atoms with Crippen LogP contribution in [0.3, 0.4) is 0 Å². The number of rotatable bonds is 12. The summed E-state index contributed by atoms with van der Waals surface area (Å²) >= 11 is 0. The first-order valence-electron chi connectivity index (χ1n) is 9.80. The average Bonchev–Trinajstić information content (AvgIpc) is 2.69. The van der Waals surface area contributed by atoms with Crippen molar-refractivity contribution in [2.75, 3.05) is 59.2 Å². The van der Waals surface area contributed by atoms with Gasteiger partial charge in [0.25, 0.3) is 0 Å². The van der Waals surface area contributed by atoms with Gasteiger partial charge in [-0.15, -0.1) is 24.0 Å². The van der Waals surface area contributed by atoms with Crippen molar-refractivity contribution in [2.24, 2.45) is 10.7 Å². The molecule has 1 aromatic carbocycles. The van der Waals surface area contributed by atoms with E-state index in [0.717, 1.165) is 84.8 Å². The summed E-state index contributed by atoms with van der Waals surface area (Å²) in [6.07, 6.45) is 4.09. The zero-order valence-corrected chi connectivity index (χ0v) is 18.6. The van der Waals surface area contributed by atoms with Crippen LogP contribution in [0, 0.1) is 0 Å². The van der Waals surface area contributed by atoms with E-state index < -0.39 is 0 Å². The highest BCUT2D eigenvalue weighted by molar-refractivity contribution is 14.0. The molecular formula is C20H35IN4O2. The van der Waals surface area contributed by atoms with Gasteiger partial charge in [-0.05, 0) is 31.2 Å². The predicted molar refractivity (Wildman–Crippen MR) is 122 cm³/mol. The van der Waals surface area contributed by atoms with Gasteiger partial charge in [0, 0.05) is 39.3 Å². The molecule has 0 spiro atoms. The fourth-order valence-electron chi connectivity index (χ4n) is 2.86. The summed E-state index contributed by atoms with van der Waals surface area (Å²) in [6, 6.07) is 10.4. The number of halogens is 1. The molecule has 0 atom stereocenters. The Labute approximate surface area is 180 Å². The van der Waals surface area contributed by atoms with E-state index in [1.54, 1.807) is 0 Å². The summed E-state index contributed by atoms with van der Waals surface area (Å²) in [4.78, 5) is 6.80. The molecule has 1 aliphatic heterocycles. The lowest BCUT2D eigenvalue weighted by Gasteiger charge is -2.26. The van der Waals surface area contributed by atoms with Crippen molar-refractivity contribution in [3.63, 3.8) is 0 Å². The van der Waals surface area contributed by atoms with Gasteiger partial charge in [-0.3, -0.25) is 9.89 Å². The topological polar surface area (TPSA) is 72.1 Å². The minimum Gasteiger partial charge on any atom is -0.381 e. The van der Waals surface area contributed by atoms with Crippen molar-refractivity contribution in [1.82, 2.24) is 10.2 Å². The highest BCUT2D eigenvalue weighted by atomic mass is 127. The average molecular weight is 490 g/mol. The van der Waals surface area contributed by atoms with E-state index in [1.807, 2.05) is 6.07 Å². The summed E-state index contributed by atoms with van der Waals surface area (Å²) in [5, 5.41) is 3.18.